The van der Waals surface area contributed by atoms with Crippen LogP contribution in [-0.4, -0.2) is 45.0 Å². The second kappa shape index (κ2) is 5.74. The highest BCUT2D eigenvalue weighted by Gasteiger charge is 2.24. The topological polar surface area (TPSA) is 88.3 Å². The van der Waals surface area contributed by atoms with Gasteiger partial charge >= 0.3 is 0 Å². The highest BCUT2D eigenvalue weighted by atomic mass is 32.2. The molecule has 19 heavy (non-hydrogen) atoms. The predicted octanol–water partition coefficient (Wildman–Crippen LogP) is 0.654. The Morgan fingerprint density at radius 3 is 2.89 bits per heavy atom. The van der Waals surface area contributed by atoms with Crippen molar-refractivity contribution in [1.82, 2.24) is 14.6 Å². The van der Waals surface area contributed by atoms with Gasteiger partial charge < -0.3 is 10.6 Å². The van der Waals surface area contributed by atoms with E-state index in [9.17, 15) is 8.42 Å². The molecule has 3 N–H and O–H groups in total. The molecule has 2 rings (SSSR count). The predicted molar refractivity (Wildman–Crippen MR) is 76.7 cm³/mol. The summed E-state index contributed by atoms with van der Waals surface area (Å²) in [6, 6.07) is 0. The number of aromatic nitrogens is 1. The number of thiazole rings is 1. The highest BCUT2D eigenvalue weighted by molar-refractivity contribution is 7.91. The monoisotopic (exact) mass is 304 g/mol. The second-order valence-corrected chi connectivity index (χ2v) is 8.04. The van der Waals surface area contributed by atoms with Gasteiger partial charge in [-0.15, -0.1) is 0 Å². The maximum Gasteiger partial charge on any atom is 0.252 e. The number of rotatable bonds is 4. The van der Waals surface area contributed by atoms with Crippen molar-refractivity contribution in [1.29, 1.82) is 0 Å². The van der Waals surface area contributed by atoms with Crippen molar-refractivity contribution in [2.45, 2.75) is 24.0 Å². The minimum absolute atomic E-state index is 0.231. The summed E-state index contributed by atoms with van der Waals surface area (Å²) in [6.45, 7) is 4.17. The first-order valence-corrected chi connectivity index (χ1v) is 8.59. The van der Waals surface area contributed by atoms with E-state index in [1.165, 1.54) is 0 Å². The summed E-state index contributed by atoms with van der Waals surface area (Å²) in [5, 5.41) is 0.287. The van der Waals surface area contributed by atoms with Gasteiger partial charge in [-0.1, -0.05) is 11.3 Å². The van der Waals surface area contributed by atoms with E-state index in [1.807, 2.05) is 0 Å². The fraction of sp³-hybridized carbons (Fsp3) is 0.727. The van der Waals surface area contributed by atoms with Crippen molar-refractivity contribution in [2.24, 2.45) is 5.92 Å². The van der Waals surface area contributed by atoms with Crippen LogP contribution in [-0.2, 0) is 10.0 Å². The molecule has 1 aliphatic rings. The molecule has 8 heteroatoms. The van der Waals surface area contributed by atoms with E-state index in [2.05, 4.69) is 21.7 Å². The average molecular weight is 304 g/mol. The minimum atomic E-state index is -3.48. The number of piperidine rings is 1. The molecule has 1 atom stereocenters. The summed E-state index contributed by atoms with van der Waals surface area (Å²) in [6.07, 6.45) is 2.19. The number of hydrogen-bond acceptors (Lipinski definition) is 6. The maximum absolute atomic E-state index is 12.2. The van der Waals surface area contributed by atoms with Crippen LogP contribution in [0.5, 0.6) is 0 Å². The zero-order chi connectivity index (χ0) is 14.0. The lowest BCUT2D eigenvalue weighted by atomic mass is 9.99. The molecule has 0 bridgehead atoms. The van der Waals surface area contributed by atoms with E-state index in [0.29, 0.717) is 18.2 Å². The molecule has 1 fully saturated rings. The molecular weight excluding hydrogens is 284 g/mol. The average Bonchev–Trinajstić information content (AvgIpc) is 2.67. The van der Waals surface area contributed by atoms with Gasteiger partial charge in [0.25, 0.3) is 10.0 Å². The lowest BCUT2D eigenvalue weighted by Crippen LogP contribution is -2.39. The molecule has 1 aromatic heterocycles. The molecule has 1 aromatic rings. The van der Waals surface area contributed by atoms with Gasteiger partial charge in [0, 0.05) is 13.1 Å². The van der Waals surface area contributed by atoms with E-state index in [0.717, 1.165) is 37.3 Å². The molecule has 0 spiro atoms. The number of nitrogens with one attached hydrogen (secondary N) is 1. The Labute approximate surface area is 118 Å². The number of aryl methyl sites for hydroxylation is 1. The summed E-state index contributed by atoms with van der Waals surface area (Å²) in [5.74, 6) is 0.374. The molecule has 1 aliphatic heterocycles. The summed E-state index contributed by atoms with van der Waals surface area (Å²) in [7, 11) is -1.42. The Kier molecular flexibility index (Phi) is 4.44. The van der Waals surface area contributed by atoms with E-state index in [-0.39, 0.29) is 9.34 Å². The first-order chi connectivity index (χ1) is 8.88. The lowest BCUT2D eigenvalue weighted by Gasteiger charge is -2.29. The Hall–Kier alpha value is -0.700. The van der Waals surface area contributed by atoms with Gasteiger partial charge in [0.1, 0.15) is 0 Å². The first-order valence-electron chi connectivity index (χ1n) is 6.29. The molecule has 0 saturated carbocycles. The Balaban J connectivity index is 2.00. The van der Waals surface area contributed by atoms with Crippen LogP contribution in [0.25, 0.3) is 0 Å². The molecule has 0 aliphatic carbocycles. The number of hydrogen-bond donors (Lipinski definition) is 2. The normalized spacial score (nSPS) is 21.7. The first kappa shape index (κ1) is 14.7. The van der Waals surface area contributed by atoms with E-state index in [1.54, 1.807) is 6.92 Å². The van der Waals surface area contributed by atoms with Crippen molar-refractivity contribution < 1.29 is 8.42 Å². The zero-order valence-electron chi connectivity index (χ0n) is 11.2. The van der Waals surface area contributed by atoms with Crippen LogP contribution in [0.4, 0.5) is 5.13 Å². The third kappa shape index (κ3) is 3.65. The van der Waals surface area contributed by atoms with Crippen LogP contribution in [0, 0.1) is 12.8 Å². The summed E-state index contributed by atoms with van der Waals surface area (Å²) >= 11 is 1.01. The van der Waals surface area contributed by atoms with Crippen molar-refractivity contribution in [3.8, 4) is 0 Å². The van der Waals surface area contributed by atoms with Gasteiger partial charge in [-0.05, 0) is 39.3 Å². The van der Waals surface area contributed by atoms with Crippen LogP contribution in [0.1, 0.15) is 18.5 Å². The third-order valence-electron chi connectivity index (χ3n) is 3.30. The molecule has 1 saturated heterocycles. The zero-order valence-corrected chi connectivity index (χ0v) is 12.9. The van der Waals surface area contributed by atoms with Crippen LogP contribution in [0.3, 0.4) is 0 Å². The van der Waals surface area contributed by atoms with Crippen molar-refractivity contribution >= 4 is 26.5 Å². The number of sulfonamides is 1. The van der Waals surface area contributed by atoms with Crippen LogP contribution in [0.15, 0.2) is 4.21 Å². The molecule has 0 amide bonds. The largest absolute Gasteiger partial charge is 0.375 e. The van der Waals surface area contributed by atoms with Crippen molar-refractivity contribution in [2.75, 3.05) is 32.4 Å². The molecule has 6 nitrogen and oxygen atoms in total. The van der Waals surface area contributed by atoms with Crippen LogP contribution >= 0.6 is 11.3 Å². The molecule has 0 radical (unpaired) electrons. The summed E-state index contributed by atoms with van der Waals surface area (Å²) in [5.41, 5.74) is 6.01. The summed E-state index contributed by atoms with van der Waals surface area (Å²) < 4.78 is 27.3. The van der Waals surface area contributed by atoms with Gasteiger partial charge in [-0.2, -0.15) is 0 Å². The van der Waals surface area contributed by atoms with Gasteiger partial charge in [-0.25, -0.2) is 18.1 Å². The smallest absolute Gasteiger partial charge is 0.252 e. The van der Waals surface area contributed by atoms with Crippen LogP contribution in [0.2, 0.25) is 0 Å². The number of nitrogens with zero attached hydrogens (tertiary/aromatic N) is 2. The highest BCUT2D eigenvalue weighted by Crippen LogP contribution is 2.25. The van der Waals surface area contributed by atoms with Gasteiger partial charge in [0.15, 0.2) is 9.34 Å². The molecular formula is C11H20N4O2S2. The van der Waals surface area contributed by atoms with E-state index >= 15 is 0 Å². The molecule has 108 valence electrons. The molecule has 0 aromatic carbocycles. The standard InChI is InChI=1S/C11H20N4O2S2/c1-8-10(18-11(12)14-8)19(16,17)13-6-9-4-3-5-15(2)7-9/h9,13H,3-7H2,1-2H3,(H2,12,14). The maximum atomic E-state index is 12.2. The second-order valence-electron chi connectivity index (χ2n) is 5.05. The van der Waals surface area contributed by atoms with E-state index < -0.39 is 10.0 Å². The SMILES string of the molecule is Cc1nc(N)sc1S(=O)(=O)NCC1CCCN(C)C1. The van der Waals surface area contributed by atoms with Crippen molar-refractivity contribution in [3.05, 3.63) is 5.69 Å². The fourth-order valence-corrected chi connectivity index (χ4v) is 4.84. The number of likely N-dealkylation sites (tertiary alicyclic amines) is 1. The Morgan fingerprint density at radius 1 is 1.58 bits per heavy atom. The third-order valence-corrected chi connectivity index (χ3v) is 6.32. The number of nitrogen functional groups attached to an aromatic ring is 1. The van der Waals surface area contributed by atoms with E-state index in [4.69, 9.17) is 5.73 Å². The quantitative estimate of drug-likeness (QED) is 0.853. The van der Waals surface area contributed by atoms with Gasteiger partial charge in [0.05, 0.1) is 5.69 Å². The Morgan fingerprint density at radius 2 is 2.32 bits per heavy atom. The summed E-state index contributed by atoms with van der Waals surface area (Å²) in [4.78, 5) is 6.19. The van der Waals surface area contributed by atoms with Gasteiger partial charge in [-0.3, -0.25) is 0 Å². The minimum Gasteiger partial charge on any atom is -0.375 e. The van der Waals surface area contributed by atoms with Gasteiger partial charge in [0.2, 0.25) is 0 Å². The molecule has 1 unspecified atom stereocenters. The van der Waals surface area contributed by atoms with Crippen molar-refractivity contribution in [3.63, 3.8) is 0 Å². The number of anilines is 1. The lowest BCUT2D eigenvalue weighted by molar-refractivity contribution is 0.211. The Bertz CT molecular complexity index is 541. The molecule has 2 heterocycles. The van der Waals surface area contributed by atoms with Crippen LogP contribution < -0.4 is 10.5 Å². The fourth-order valence-electron chi connectivity index (χ4n) is 2.38. The number of nitrogens with two attached hydrogens (primary N) is 1.